The number of carbonyl (C=O) groups is 1. The van der Waals surface area contributed by atoms with Gasteiger partial charge in [-0.2, -0.15) is 0 Å². The van der Waals surface area contributed by atoms with Gasteiger partial charge in [-0.05, 0) is 53.1 Å². The zero-order chi connectivity index (χ0) is 23.9. The minimum atomic E-state index is -0.316. The Kier molecular flexibility index (Phi) is 8.19. The van der Waals surface area contributed by atoms with E-state index in [1.54, 1.807) is 26.4 Å². The summed E-state index contributed by atoms with van der Waals surface area (Å²) in [5.74, 6) is 1.53. The van der Waals surface area contributed by atoms with Gasteiger partial charge in [0.1, 0.15) is 5.75 Å². The Labute approximate surface area is 191 Å². The number of benzene rings is 2. The molecule has 0 saturated heterocycles. The van der Waals surface area contributed by atoms with E-state index in [1.807, 2.05) is 18.2 Å². The van der Waals surface area contributed by atoms with Crippen molar-refractivity contribution >= 4 is 11.6 Å². The SMILES string of the molecule is C=C(NNC(=O)COc1ccc(C(C)(C)CC(C)(C)C)cc1)c1ccc(OC)c(OC)c1. The molecule has 2 aromatic carbocycles. The first-order chi connectivity index (χ1) is 14.9. The Morgan fingerprint density at radius 3 is 2.09 bits per heavy atom. The van der Waals surface area contributed by atoms with E-state index in [-0.39, 0.29) is 23.3 Å². The molecule has 2 rings (SSSR count). The van der Waals surface area contributed by atoms with E-state index in [1.165, 1.54) is 5.56 Å². The molecule has 0 fully saturated rings. The van der Waals surface area contributed by atoms with Gasteiger partial charge < -0.3 is 14.2 Å². The van der Waals surface area contributed by atoms with Crippen LogP contribution in [0.3, 0.4) is 0 Å². The highest BCUT2D eigenvalue weighted by Gasteiger charge is 2.27. The van der Waals surface area contributed by atoms with Crippen molar-refractivity contribution < 1.29 is 19.0 Å². The average molecular weight is 441 g/mol. The van der Waals surface area contributed by atoms with Gasteiger partial charge in [-0.15, -0.1) is 0 Å². The standard InChI is InChI=1S/C26H36N2O4/c1-18(19-9-14-22(30-7)23(15-19)31-8)27-28-24(29)16-32-21-12-10-20(11-13-21)26(5,6)17-25(2,3)4/h9-15,27H,1,16-17H2,2-8H3,(H,28,29). The molecule has 0 atom stereocenters. The molecule has 0 heterocycles. The molecule has 6 heteroatoms. The lowest BCUT2D eigenvalue weighted by atomic mass is 9.72. The second-order valence-electron chi connectivity index (χ2n) is 9.66. The summed E-state index contributed by atoms with van der Waals surface area (Å²) in [6.07, 6.45) is 1.07. The number of amides is 1. The Morgan fingerprint density at radius 2 is 1.53 bits per heavy atom. The van der Waals surface area contributed by atoms with Crippen molar-refractivity contribution in [1.29, 1.82) is 0 Å². The van der Waals surface area contributed by atoms with Crippen LogP contribution in [0, 0.1) is 5.41 Å². The summed E-state index contributed by atoms with van der Waals surface area (Å²) in [4.78, 5) is 12.2. The molecule has 0 spiro atoms. The van der Waals surface area contributed by atoms with Crippen molar-refractivity contribution in [3.63, 3.8) is 0 Å². The van der Waals surface area contributed by atoms with Crippen LogP contribution in [0.25, 0.3) is 5.70 Å². The van der Waals surface area contributed by atoms with E-state index >= 15 is 0 Å². The lowest BCUT2D eigenvalue weighted by molar-refractivity contribution is -0.123. The molecule has 2 aromatic rings. The zero-order valence-electron chi connectivity index (χ0n) is 20.3. The molecule has 0 bridgehead atoms. The van der Waals surface area contributed by atoms with E-state index in [4.69, 9.17) is 14.2 Å². The molecular formula is C26H36N2O4. The number of carbonyl (C=O) groups excluding carboxylic acids is 1. The molecule has 0 aliphatic carbocycles. The van der Waals surface area contributed by atoms with Gasteiger partial charge in [0.05, 0.1) is 19.9 Å². The monoisotopic (exact) mass is 440 g/mol. The maximum absolute atomic E-state index is 12.2. The molecule has 0 saturated carbocycles. The zero-order valence-corrected chi connectivity index (χ0v) is 20.3. The molecule has 0 aliphatic rings. The third kappa shape index (κ3) is 7.22. The summed E-state index contributed by atoms with van der Waals surface area (Å²) in [5.41, 5.74) is 8.22. The molecular weight excluding hydrogens is 404 g/mol. The summed E-state index contributed by atoms with van der Waals surface area (Å²) in [6.45, 7) is 15.1. The van der Waals surface area contributed by atoms with Crippen LogP contribution in [0.2, 0.25) is 0 Å². The highest BCUT2D eigenvalue weighted by Crippen LogP contribution is 2.36. The normalized spacial score (nSPS) is 11.5. The number of ether oxygens (including phenoxy) is 3. The first kappa shape index (κ1) is 25.1. The van der Waals surface area contributed by atoms with Crippen molar-refractivity contribution in [2.45, 2.75) is 46.5 Å². The maximum Gasteiger partial charge on any atom is 0.276 e. The highest BCUT2D eigenvalue weighted by molar-refractivity contribution is 5.78. The summed E-state index contributed by atoms with van der Waals surface area (Å²) in [5, 5.41) is 0. The van der Waals surface area contributed by atoms with E-state index < -0.39 is 0 Å². The van der Waals surface area contributed by atoms with Gasteiger partial charge >= 0.3 is 0 Å². The number of hydrogen-bond acceptors (Lipinski definition) is 5. The van der Waals surface area contributed by atoms with E-state index in [0.717, 1.165) is 12.0 Å². The Morgan fingerprint density at radius 1 is 0.906 bits per heavy atom. The van der Waals surface area contributed by atoms with Crippen LogP contribution in [0.5, 0.6) is 17.2 Å². The second-order valence-corrected chi connectivity index (χ2v) is 9.66. The van der Waals surface area contributed by atoms with Crippen LogP contribution in [-0.4, -0.2) is 26.7 Å². The van der Waals surface area contributed by atoms with Crippen LogP contribution < -0.4 is 25.1 Å². The summed E-state index contributed by atoms with van der Waals surface area (Å²) < 4.78 is 16.1. The molecule has 2 N–H and O–H groups in total. The first-order valence-electron chi connectivity index (χ1n) is 10.6. The van der Waals surface area contributed by atoms with Gasteiger partial charge in [0.2, 0.25) is 0 Å². The molecule has 1 amide bonds. The van der Waals surface area contributed by atoms with E-state index in [9.17, 15) is 4.79 Å². The highest BCUT2D eigenvalue weighted by atomic mass is 16.5. The summed E-state index contributed by atoms with van der Waals surface area (Å²) in [7, 11) is 3.14. The minimum Gasteiger partial charge on any atom is -0.493 e. The first-order valence-corrected chi connectivity index (χ1v) is 10.6. The fourth-order valence-corrected chi connectivity index (χ4v) is 3.86. The second kappa shape index (κ2) is 10.4. The summed E-state index contributed by atoms with van der Waals surface area (Å²) >= 11 is 0. The number of nitrogens with one attached hydrogen (secondary N) is 2. The van der Waals surface area contributed by atoms with E-state index in [2.05, 4.69) is 64.2 Å². The lowest BCUT2D eigenvalue weighted by Gasteiger charge is -2.33. The number of hydrogen-bond donors (Lipinski definition) is 2. The van der Waals surface area contributed by atoms with E-state index in [0.29, 0.717) is 22.9 Å². The molecule has 0 unspecified atom stereocenters. The molecule has 32 heavy (non-hydrogen) atoms. The average Bonchev–Trinajstić information content (AvgIpc) is 2.74. The van der Waals surface area contributed by atoms with Gasteiger partial charge in [0.25, 0.3) is 5.91 Å². The largest absolute Gasteiger partial charge is 0.493 e. The van der Waals surface area contributed by atoms with Crippen LogP contribution in [0.15, 0.2) is 49.0 Å². The smallest absolute Gasteiger partial charge is 0.276 e. The predicted octanol–water partition coefficient (Wildman–Crippen LogP) is 5.09. The quantitative estimate of drug-likeness (QED) is 0.504. The van der Waals surface area contributed by atoms with Crippen molar-refractivity contribution in [3.05, 3.63) is 60.2 Å². The van der Waals surface area contributed by atoms with Gasteiger partial charge in [-0.25, -0.2) is 0 Å². The van der Waals surface area contributed by atoms with Crippen molar-refractivity contribution in [2.24, 2.45) is 5.41 Å². The van der Waals surface area contributed by atoms with Crippen LogP contribution in [0.4, 0.5) is 0 Å². The van der Waals surface area contributed by atoms with Crippen molar-refractivity contribution in [1.82, 2.24) is 10.9 Å². The third-order valence-electron chi connectivity index (χ3n) is 5.06. The fraction of sp³-hybridized carbons (Fsp3) is 0.423. The molecule has 6 nitrogen and oxygen atoms in total. The van der Waals surface area contributed by atoms with Gasteiger partial charge in [-0.3, -0.25) is 15.6 Å². The number of methoxy groups -OCH3 is 2. The van der Waals surface area contributed by atoms with Crippen molar-refractivity contribution in [2.75, 3.05) is 20.8 Å². The lowest BCUT2D eigenvalue weighted by Crippen LogP contribution is -2.38. The Hall–Kier alpha value is -3.15. The van der Waals surface area contributed by atoms with Crippen LogP contribution in [-0.2, 0) is 10.2 Å². The topological polar surface area (TPSA) is 68.8 Å². The summed E-state index contributed by atoms with van der Waals surface area (Å²) in [6, 6.07) is 13.3. The Bertz CT molecular complexity index is 928. The maximum atomic E-state index is 12.2. The molecule has 0 aromatic heterocycles. The number of rotatable bonds is 10. The molecule has 0 radical (unpaired) electrons. The van der Waals surface area contributed by atoms with Gasteiger partial charge in [-0.1, -0.05) is 53.3 Å². The van der Waals surface area contributed by atoms with Crippen LogP contribution >= 0.6 is 0 Å². The van der Waals surface area contributed by atoms with Crippen molar-refractivity contribution in [3.8, 4) is 17.2 Å². The number of hydrazine groups is 1. The van der Waals surface area contributed by atoms with Gasteiger partial charge in [0, 0.05) is 5.56 Å². The minimum absolute atomic E-state index is 0.0581. The fourth-order valence-electron chi connectivity index (χ4n) is 3.86. The predicted molar refractivity (Wildman–Crippen MR) is 129 cm³/mol. The van der Waals surface area contributed by atoms with Crippen LogP contribution in [0.1, 0.15) is 52.2 Å². The third-order valence-corrected chi connectivity index (χ3v) is 5.06. The Balaban J connectivity index is 1.86. The van der Waals surface area contributed by atoms with Gasteiger partial charge in [0.15, 0.2) is 18.1 Å². The molecule has 0 aliphatic heterocycles. The molecule has 174 valence electrons.